The lowest BCUT2D eigenvalue weighted by atomic mass is 10.2. The van der Waals surface area contributed by atoms with E-state index in [0.717, 1.165) is 0 Å². The van der Waals surface area contributed by atoms with Crippen molar-refractivity contribution in [2.45, 2.75) is 13.8 Å². The van der Waals surface area contributed by atoms with Crippen LogP contribution < -0.4 is 0 Å². The van der Waals surface area contributed by atoms with E-state index in [2.05, 4.69) is 19.8 Å². The van der Waals surface area contributed by atoms with Crippen molar-refractivity contribution >= 4 is 11.7 Å². The second-order valence-electron chi connectivity index (χ2n) is 3.14. The lowest BCUT2D eigenvalue weighted by Crippen LogP contribution is -2.08. The highest BCUT2D eigenvalue weighted by molar-refractivity contribution is 5.90. The molecule has 0 N–H and O–H groups in total. The van der Waals surface area contributed by atoms with E-state index in [1.54, 1.807) is 20.0 Å². The SMILES string of the molecule is COC(=O)c1cn2nc(C)nc2nc1C. The van der Waals surface area contributed by atoms with Gasteiger partial charge in [0.15, 0.2) is 0 Å². The normalized spacial score (nSPS) is 10.6. The third-order valence-corrected chi connectivity index (χ3v) is 2.03. The number of esters is 1. The first kappa shape index (κ1) is 9.57. The van der Waals surface area contributed by atoms with Crippen LogP contribution in [-0.2, 0) is 4.74 Å². The van der Waals surface area contributed by atoms with Crippen LogP contribution in [0, 0.1) is 13.8 Å². The molecule has 2 rings (SSSR count). The van der Waals surface area contributed by atoms with Crippen molar-refractivity contribution in [1.29, 1.82) is 0 Å². The Hall–Kier alpha value is -1.98. The average Bonchev–Trinajstić information content (AvgIpc) is 2.55. The molecule has 0 bridgehead atoms. The van der Waals surface area contributed by atoms with E-state index in [-0.39, 0.29) is 0 Å². The van der Waals surface area contributed by atoms with E-state index < -0.39 is 5.97 Å². The number of carbonyl (C=O) groups excluding carboxylic acids is 1. The fourth-order valence-electron chi connectivity index (χ4n) is 1.32. The summed E-state index contributed by atoms with van der Waals surface area (Å²) in [6.07, 6.45) is 1.57. The summed E-state index contributed by atoms with van der Waals surface area (Å²) < 4.78 is 6.10. The molecule has 0 radical (unpaired) electrons. The minimum absolute atomic E-state index is 0.398. The maximum absolute atomic E-state index is 11.4. The second kappa shape index (κ2) is 3.30. The molecular formula is C9H10N4O2. The largest absolute Gasteiger partial charge is 0.465 e. The highest BCUT2D eigenvalue weighted by Crippen LogP contribution is 2.08. The Morgan fingerprint density at radius 2 is 2.13 bits per heavy atom. The highest BCUT2D eigenvalue weighted by Gasteiger charge is 2.13. The molecule has 0 saturated heterocycles. The number of aromatic nitrogens is 4. The number of hydrogen-bond acceptors (Lipinski definition) is 5. The third-order valence-electron chi connectivity index (χ3n) is 2.03. The first-order valence-electron chi connectivity index (χ1n) is 4.41. The molecule has 2 aromatic heterocycles. The van der Waals surface area contributed by atoms with Gasteiger partial charge in [-0.3, -0.25) is 0 Å². The van der Waals surface area contributed by atoms with Crippen LogP contribution in [0.5, 0.6) is 0 Å². The van der Waals surface area contributed by atoms with Crippen LogP contribution in [0.25, 0.3) is 5.78 Å². The summed E-state index contributed by atoms with van der Waals surface area (Å²) in [6.45, 7) is 3.50. The smallest absolute Gasteiger partial charge is 0.341 e. The number of fused-ring (bicyclic) bond motifs is 1. The summed E-state index contributed by atoms with van der Waals surface area (Å²) in [4.78, 5) is 19.6. The second-order valence-corrected chi connectivity index (χ2v) is 3.14. The quantitative estimate of drug-likeness (QED) is 0.636. The number of rotatable bonds is 1. The van der Waals surface area contributed by atoms with Crippen molar-refractivity contribution in [3.05, 3.63) is 23.3 Å². The Morgan fingerprint density at radius 1 is 1.40 bits per heavy atom. The van der Waals surface area contributed by atoms with Crippen molar-refractivity contribution in [2.24, 2.45) is 0 Å². The Morgan fingerprint density at radius 3 is 2.80 bits per heavy atom. The molecule has 6 heteroatoms. The zero-order chi connectivity index (χ0) is 11.0. The predicted octanol–water partition coefficient (Wildman–Crippen LogP) is 0.528. The van der Waals surface area contributed by atoms with Crippen LogP contribution >= 0.6 is 0 Å². The molecule has 15 heavy (non-hydrogen) atoms. The Bertz CT molecular complexity index is 532. The van der Waals surface area contributed by atoms with Crippen molar-refractivity contribution in [1.82, 2.24) is 19.6 Å². The van der Waals surface area contributed by atoms with E-state index in [1.807, 2.05) is 0 Å². The molecule has 0 aromatic carbocycles. The average molecular weight is 206 g/mol. The summed E-state index contributed by atoms with van der Waals surface area (Å²) >= 11 is 0. The summed E-state index contributed by atoms with van der Waals surface area (Å²) in [5, 5.41) is 4.07. The first-order chi connectivity index (χ1) is 7.11. The lowest BCUT2D eigenvalue weighted by molar-refractivity contribution is 0.0598. The molecule has 0 unspecified atom stereocenters. The molecule has 0 fully saturated rings. The first-order valence-corrected chi connectivity index (χ1v) is 4.41. The maximum Gasteiger partial charge on any atom is 0.341 e. The molecule has 2 aromatic rings. The van der Waals surface area contributed by atoms with Crippen LogP contribution in [0.3, 0.4) is 0 Å². The van der Waals surface area contributed by atoms with Gasteiger partial charge in [-0.25, -0.2) is 14.3 Å². The molecule has 0 saturated carbocycles. The van der Waals surface area contributed by atoms with Gasteiger partial charge < -0.3 is 4.74 Å². The molecule has 0 aliphatic rings. The summed E-state index contributed by atoms with van der Waals surface area (Å²) in [5.41, 5.74) is 0.983. The Kier molecular flexibility index (Phi) is 2.11. The number of aryl methyl sites for hydroxylation is 2. The van der Waals surface area contributed by atoms with Crippen molar-refractivity contribution < 1.29 is 9.53 Å². The summed E-state index contributed by atoms with van der Waals surface area (Å²) in [7, 11) is 1.33. The Balaban J connectivity index is 2.66. The van der Waals surface area contributed by atoms with E-state index in [1.165, 1.54) is 11.6 Å². The minimum Gasteiger partial charge on any atom is -0.465 e. The van der Waals surface area contributed by atoms with Gasteiger partial charge in [0, 0.05) is 6.20 Å². The van der Waals surface area contributed by atoms with Gasteiger partial charge in [0.1, 0.15) is 5.82 Å². The molecule has 6 nitrogen and oxygen atoms in total. The molecule has 78 valence electrons. The topological polar surface area (TPSA) is 69.4 Å². The van der Waals surface area contributed by atoms with Crippen LogP contribution in [-0.4, -0.2) is 32.7 Å². The van der Waals surface area contributed by atoms with Gasteiger partial charge in [-0.05, 0) is 13.8 Å². The van der Waals surface area contributed by atoms with E-state index in [9.17, 15) is 4.79 Å². The zero-order valence-corrected chi connectivity index (χ0v) is 8.68. The maximum atomic E-state index is 11.4. The molecule has 0 aliphatic heterocycles. The van der Waals surface area contributed by atoms with E-state index in [4.69, 9.17) is 0 Å². The molecule has 0 aliphatic carbocycles. The lowest BCUT2D eigenvalue weighted by Gasteiger charge is -2.02. The third kappa shape index (κ3) is 1.54. The summed E-state index contributed by atoms with van der Waals surface area (Å²) in [6, 6.07) is 0. The van der Waals surface area contributed by atoms with Crippen LogP contribution in [0.15, 0.2) is 6.20 Å². The highest BCUT2D eigenvalue weighted by atomic mass is 16.5. The van der Waals surface area contributed by atoms with Gasteiger partial charge in [-0.15, -0.1) is 0 Å². The number of carbonyl (C=O) groups is 1. The van der Waals surface area contributed by atoms with Gasteiger partial charge in [0.05, 0.1) is 18.4 Å². The van der Waals surface area contributed by atoms with Gasteiger partial charge in [0.2, 0.25) is 0 Å². The van der Waals surface area contributed by atoms with Crippen LogP contribution in [0.2, 0.25) is 0 Å². The molecule has 0 atom stereocenters. The predicted molar refractivity (Wildman–Crippen MR) is 51.6 cm³/mol. The standard InChI is InChI=1S/C9H10N4O2/c1-5-7(8(14)15-3)4-13-9(10-5)11-6(2)12-13/h4H,1-3H3. The van der Waals surface area contributed by atoms with E-state index in [0.29, 0.717) is 22.9 Å². The fourth-order valence-corrected chi connectivity index (χ4v) is 1.32. The van der Waals surface area contributed by atoms with Crippen molar-refractivity contribution in [3.8, 4) is 0 Å². The molecule has 2 heterocycles. The summed E-state index contributed by atoms with van der Waals surface area (Å²) in [5.74, 6) is 0.677. The fraction of sp³-hybridized carbons (Fsp3) is 0.333. The molecule has 0 spiro atoms. The van der Waals surface area contributed by atoms with Gasteiger partial charge in [-0.2, -0.15) is 10.1 Å². The van der Waals surface area contributed by atoms with Crippen LogP contribution in [0.4, 0.5) is 0 Å². The number of methoxy groups -OCH3 is 1. The van der Waals surface area contributed by atoms with Gasteiger partial charge >= 0.3 is 5.97 Å². The zero-order valence-electron chi connectivity index (χ0n) is 8.68. The molecule has 0 amide bonds. The van der Waals surface area contributed by atoms with Gasteiger partial charge in [0.25, 0.3) is 5.78 Å². The van der Waals surface area contributed by atoms with Crippen molar-refractivity contribution in [2.75, 3.05) is 7.11 Å². The van der Waals surface area contributed by atoms with E-state index >= 15 is 0 Å². The number of nitrogens with zero attached hydrogens (tertiary/aromatic N) is 4. The van der Waals surface area contributed by atoms with Crippen LogP contribution in [0.1, 0.15) is 21.9 Å². The Labute approximate surface area is 85.9 Å². The number of ether oxygens (including phenoxy) is 1. The van der Waals surface area contributed by atoms with Gasteiger partial charge in [-0.1, -0.05) is 0 Å². The monoisotopic (exact) mass is 206 g/mol. The minimum atomic E-state index is -0.421. The van der Waals surface area contributed by atoms with Crippen molar-refractivity contribution in [3.63, 3.8) is 0 Å². The molecular weight excluding hydrogens is 196 g/mol. The number of hydrogen-bond donors (Lipinski definition) is 0.